The Morgan fingerprint density at radius 1 is 0.489 bits per heavy atom. The van der Waals surface area contributed by atoms with Gasteiger partial charge in [0.1, 0.15) is 11.6 Å². The number of hydrogen-bond donors (Lipinski definition) is 5. The molecule has 3 unspecified atom stereocenters. The van der Waals surface area contributed by atoms with E-state index < -0.39 is 5.91 Å². The van der Waals surface area contributed by atoms with Gasteiger partial charge in [-0.05, 0) is 76.0 Å². The smallest absolute Gasteiger partial charge is 0.222 e. The van der Waals surface area contributed by atoms with Crippen LogP contribution in [0.4, 0.5) is 0 Å². The summed E-state index contributed by atoms with van der Waals surface area (Å²) in [5.74, 6) is 0.332. The summed E-state index contributed by atoms with van der Waals surface area (Å²) >= 11 is 0. The van der Waals surface area contributed by atoms with E-state index in [-0.39, 0.29) is 61.1 Å². The second-order valence-corrected chi connectivity index (χ2v) is 13.2. The zero-order valence-electron chi connectivity index (χ0n) is 29.3. The Kier molecular flexibility index (Phi) is 35.8. The number of rotatable bonds is 19. The summed E-state index contributed by atoms with van der Waals surface area (Å²) in [7, 11) is 0. The van der Waals surface area contributed by atoms with Crippen LogP contribution in [0, 0.1) is 41.4 Å². The fraction of sp³-hybridized carbons (Fsp3) is 0.824. The van der Waals surface area contributed by atoms with Crippen LogP contribution in [0.25, 0.3) is 0 Å². The van der Waals surface area contributed by atoms with E-state index in [1.807, 2.05) is 41.5 Å². The third-order valence-corrected chi connectivity index (χ3v) is 6.35. The first kappa shape index (κ1) is 51.7. The lowest BCUT2D eigenvalue weighted by Crippen LogP contribution is -2.27. The molecule has 4 amide bonds. The Bertz CT molecular complexity index is 785. The molecule has 0 aliphatic heterocycles. The average molecular weight is 647 g/mol. The summed E-state index contributed by atoms with van der Waals surface area (Å²) < 4.78 is 0. The summed E-state index contributed by atoms with van der Waals surface area (Å²) in [6, 6.07) is 0. The maximum Gasteiger partial charge on any atom is 0.222 e. The second kappa shape index (κ2) is 31.2. The fourth-order valence-corrected chi connectivity index (χ4v) is 3.93. The molecule has 0 saturated heterocycles. The van der Waals surface area contributed by atoms with Crippen molar-refractivity contribution in [2.24, 2.45) is 64.4 Å². The minimum atomic E-state index is -0.406. The van der Waals surface area contributed by atoms with Gasteiger partial charge in [-0.15, -0.1) is 0 Å². The SMILES string of the molecule is C.CC(=O)CCC(CC(C)C)C(N)=O.CC(=O)CCC(CC(C)C)C(N)=O.CC(C)CC(CO)C(N)=O.CC(C)CCC(N)=O. The fourth-order valence-electron chi connectivity index (χ4n) is 3.93. The van der Waals surface area contributed by atoms with E-state index in [9.17, 15) is 28.8 Å². The third-order valence-electron chi connectivity index (χ3n) is 6.35. The van der Waals surface area contributed by atoms with Crippen molar-refractivity contribution in [2.75, 3.05) is 6.61 Å². The molecule has 0 aromatic carbocycles. The van der Waals surface area contributed by atoms with Crippen LogP contribution in [0.1, 0.15) is 134 Å². The number of aliphatic hydroxyl groups is 1. The first-order valence-electron chi connectivity index (χ1n) is 15.8. The molecule has 0 aromatic heterocycles. The van der Waals surface area contributed by atoms with Gasteiger partial charge in [0, 0.05) is 31.1 Å². The van der Waals surface area contributed by atoms with E-state index in [1.165, 1.54) is 13.8 Å². The maximum absolute atomic E-state index is 11.0. The number of Topliss-reactive ketones (excluding diaryl/α,β-unsaturated/α-hetero) is 2. The van der Waals surface area contributed by atoms with Crippen molar-refractivity contribution < 1.29 is 33.9 Å². The zero-order valence-corrected chi connectivity index (χ0v) is 29.3. The van der Waals surface area contributed by atoms with Gasteiger partial charge in [-0.25, -0.2) is 0 Å². The molecule has 45 heavy (non-hydrogen) atoms. The van der Waals surface area contributed by atoms with Crippen LogP contribution in [0.5, 0.6) is 0 Å². The standard InChI is InChI=1S/2C10H19NO2.C7H15NO2.C6H13NO.CH4/c2*1-7(2)6-9(10(11)13)5-4-8(3)12;1-5(2)3-6(4-9)7(8)10;1-5(2)3-4-6(7)8;/h2*7,9H,4-6H2,1-3H3,(H2,11,13);5-6,9H,3-4H2,1-2H3,(H2,8,10);5H,3-4H2,1-2H3,(H2,7,8);1H4. The number of carbonyl (C=O) groups is 6. The Balaban J connectivity index is -0.000000160. The number of ketones is 2. The molecular weight excluding hydrogens is 576 g/mol. The molecule has 268 valence electrons. The number of amides is 4. The Morgan fingerprint density at radius 3 is 0.911 bits per heavy atom. The molecule has 0 spiro atoms. The maximum atomic E-state index is 11.0. The molecule has 0 aliphatic rings. The highest BCUT2D eigenvalue weighted by Crippen LogP contribution is 2.17. The van der Waals surface area contributed by atoms with Crippen LogP contribution in [0.3, 0.4) is 0 Å². The highest BCUT2D eigenvalue weighted by molar-refractivity contribution is 5.80. The lowest BCUT2D eigenvalue weighted by atomic mass is 9.92. The van der Waals surface area contributed by atoms with Crippen molar-refractivity contribution in [3.63, 3.8) is 0 Å². The molecule has 3 atom stereocenters. The predicted molar refractivity (Wildman–Crippen MR) is 183 cm³/mol. The van der Waals surface area contributed by atoms with E-state index in [0.29, 0.717) is 62.2 Å². The highest BCUT2D eigenvalue weighted by Gasteiger charge is 2.18. The van der Waals surface area contributed by atoms with Gasteiger partial charge in [0.25, 0.3) is 0 Å². The molecule has 0 rings (SSSR count). The van der Waals surface area contributed by atoms with Crippen LogP contribution < -0.4 is 22.9 Å². The summed E-state index contributed by atoms with van der Waals surface area (Å²) in [5.41, 5.74) is 20.3. The van der Waals surface area contributed by atoms with Gasteiger partial charge < -0.3 is 37.6 Å². The van der Waals surface area contributed by atoms with Crippen molar-refractivity contribution in [3.05, 3.63) is 0 Å². The first-order valence-corrected chi connectivity index (χ1v) is 15.8. The van der Waals surface area contributed by atoms with Crippen LogP contribution >= 0.6 is 0 Å². The van der Waals surface area contributed by atoms with Crippen molar-refractivity contribution in [1.82, 2.24) is 0 Å². The predicted octanol–water partition coefficient (Wildman–Crippen LogP) is 4.68. The molecule has 0 aliphatic carbocycles. The molecule has 0 aromatic rings. The molecule has 11 heteroatoms. The van der Waals surface area contributed by atoms with Crippen LogP contribution in [0.15, 0.2) is 0 Å². The summed E-state index contributed by atoms with van der Waals surface area (Å²) in [6.45, 7) is 19.2. The van der Waals surface area contributed by atoms with Gasteiger partial charge in [-0.1, -0.05) is 62.8 Å². The van der Waals surface area contributed by atoms with E-state index in [1.54, 1.807) is 0 Å². The molecule has 0 saturated carbocycles. The summed E-state index contributed by atoms with van der Waals surface area (Å²) in [5, 5.41) is 8.64. The highest BCUT2D eigenvalue weighted by atomic mass is 16.3. The van der Waals surface area contributed by atoms with Crippen LogP contribution in [-0.4, -0.2) is 46.9 Å². The first-order chi connectivity index (χ1) is 20.1. The van der Waals surface area contributed by atoms with Gasteiger partial charge in [-0.2, -0.15) is 0 Å². The molecule has 11 nitrogen and oxygen atoms in total. The Hall–Kier alpha value is -2.82. The number of nitrogens with two attached hydrogens (primary N) is 4. The summed E-state index contributed by atoms with van der Waals surface area (Å²) in [4.78, 5) is 64.0. The minimum absolute atomic E-state index is 0. The molecule has 0 radical (unpaired) electrons. The molecule has 0 bridgehead atoms. The molecule has 0 fully saturated rings. The minimum Gasteiger partial charge on any atom is -0.396 e. The quantitative estimate of drug-likeness (QED) is 0.133. The molecule has 0 heterocycles. The van der Waals surface area contributed by atoms with E-state index in [2.05, 4.69) is 13.8 Å². The third kappa shape index (κ3) is 43.4. The lowest BCUT2D eigenvalue weighted by Gasteiger charge is -2.14. The molecular formula is C34H70N4O7. The van der Waals surface area contributed by atoms with Crippen molar-refractivity contribution in [1.29, 1.82) is 0 Å². The van der Waals surface area contributed by atoms with E-state index >= 15 is 0 Å². The van der Waals surface area contributed by atoms with Gasteiger partial charge >= 0.3 is 0 Å². The van der Waals surface area contributed by atoms with Gasteiger partial charge in [0.05, 0.1) is 12.5 Å². The van der Waals surface area contributed by atoms with Crippen molar-refractivity contribution in [2.45, 2.75) is 134 Å². The largest absolute Gasteiger partial charge is 0.396 e. The topological polar surface area (TPSA) is 227 Å². The average Bonchev–Trinajstić information content (AvgIpc) is 2.86. The van der Waals surface area contributed by atoms with Crippen molar-refractivity contribution in [3.8, 4) is 0 Å². The van der Waals surface area contributed by atoms with E-state index in [0.717, 1.165) is 19.3 Å². The van der Waals surface area contributed by atoms with Gasteiger partial charge in [-0.3, -0.25) is 19.2 Å². The lowest BCUT2D eigenvalue weighted by molar-refractivity contribution is -0.124. The number of hydrogen-bond acceptors (Lipinski definition) is 7. The normalized spacial score (nSPS) is 12.2. The number of aliphatic hydroxyl groups excluding tert-OH is 1. The Morgan fingerprint density at radius 2 is 0.778 bits per heavy atom. The van der Waals surface area contributed by atoms with E-state index in [4.69, 9.17) is 28.0 Å². The molecule has 9 N–H and O–H groups in total. The van der Waals surface area contributed by atoms with Gasteiger partial charge in [0.15, 0.2) is 0 Å². The van der Waals surface area contributed by atoms with Crippen LogP contribution in [-0.2, 0) is 28.8 Å². The monoisotopic (exact) mass is 647 g/mol. The second-order valence-electron chi connectivity index (χ2n) is 13.2. The Labute approximate surface area is 274 Å². The summed E-state index contributed by atoms with van der Waals surface area (Å²) in [6.07, 6.45) is 5.79. The number of primary amides is 4. The van der Waals surface area contributed by atoms with Gasteiger partial charge in [0.2, 0.25) is 23.6 Å². The zero-order chi connectivity index (χ0) is 35.6. The number of carbonyl (C=O) groups excluding carboxylic acids is 6. The van der Waals surface area contributed by atoms with Crippen LogP contribution in [0.2, 0.25) is 0 Å². The van der Waals surface area contributed by atoms with Crippen molar-refractivity contribution >= 4 is 35.2 Å².